The number of pyridine rings is 1. The fourth-order valence-electron chi connectivity index (χ4n) is 1.78. The Labute approximate surface area is 124 Å². The fraction of sp³-hybridized carbons (Fsp3) is 0.0714. The lowest BCUT2D eigenvalue weighted by Crippen LogP contribution is -2.07. The molecule has 21 heavy (non-hydrogen) atoms. The molecule has 0 aliphatic carbocycles. The fourth-order valence-corrected chi connectivity index (χ4v) is 2.66. The summed E-state index contributed by atoms with van der Waals surface area (Å²) in [7, 11) is 0. The lowest BCUT2D eigenvalue weighted by atomic mass is 10.3. The quantitative estimate of drug-likeness (QED) is 0.772. The van der Waals surface area contributed by atoms with E-state index >= 15 is 0 Å². The summed E-state index contributed by atoms with van der Waals surface area (Å²) in [5.74, 6) is 0.421. The van der Waals surface area contributed by atoms with Crippen LogP contribution in [0.3, 0.4) is 0 Å². The zero-order valence-electron chi connectivity index (χ0n) is 10.8. The summed E-state index contributed by atoms with van der Waals surface area (Å²) in [6.07, 6.45) is 0.280. The van der Waals surface area contributed by atoms with Crippen LogP contribution in [0.25, 0.3) is 10.2 Å². The van der Waals surface area contributed by atoms with Crippen molar-refractivity contribution in [3.8, 4) is 5.88 Å². The first-order chi connectivity index (χ1) is 10.2. The average Bonchev–Trinajstić information content (AvgIpc) is 2.89. The average molecular weight is 301 g/mol. The first kappa shape index (κ1) is 13.3. The van der Waals surface area contributed by atoms with E-state index in [0.717, 1.165) is 15.2 Å². The van der Waals surface area contributed by atoms with Gasteiger partial charge in [-0.1, -0.05) is 12.1 Å². The molecule has 3 rings (SSSR count). The topological polar surface area (TPSA) is 84.3 Å². The van der Waals surface area contributed by atoms with Crippen LogP contribution >= 0.6 is 11.3 Å². The zero-order valence-corrected chi connectivity index (χ0v) is 11.6. The van der Waals surface area contributed by atoms with Gasteiger partial charge in [-0.2, -0.15) is 0 Å². The van der Waals surface area contributed by atoms with Gasteiger partial charge in [0, 0.05) is 6.07 Å². The number of carboxylic acid groups (broad SMARTS) is 1. The minimum atomic E-state index is -1.13. The summed E-state index contributed by atoms with van der Waals surface area (Å²) in [6.45, 7) is 0.331. The molecule has 0 spiro atoms. The predicted molar refractivity (Wildman–Crippen MR) is 79.8 cm³/mol. The molecule has 0 aliphatic heterocycles. The Morgan fingerprint density at radius 1 is 1.29 bits per heavy atom. The van der Waals surface area contributed by atoms with E-state index in [1.54, 1.807) is 23.5 Å². The van der Waals surface area contributed by atoms with Crippen molar-refractivity contribution in [1.29, 1.82) is 0 Å². The number of thiazole rings is 1. The maximum absolute atomic E-state index is 10.5. The number of hydrogen-bond donors (Lipinski definition) is 2. The predicted octanol–water partition coefficient (Wildman–Crippen LogP) is 3.36. The summed E-state index contributed by atoms with van der Waals surface area (Å²) in [5.41, 5.74) is 1.35. The second-order valence-electron chi connectivity index (χ2n) is 4.18. The number of ether oxygens (including phenoxy) is 1. The number of nitrogens with zero attached hydrogens (tertiary/aromatic N) is 2. The van der Waals surface area contributed by atoms with E-state index < -0.39 is 6.09 Å². The highest BCUT2D eigenvalue weighted by Crippen LogP contribution is 2.22. The van der Waals surface area contributed by atoms with Crippen LogP contribution in [0.5, 0.6) is 5.88 Å². The van der Waals surface area contributed by atoms with Gasteiger partial charge < -0.3 is 9.84 Å². The van der Waals surface area contributed by atoms with Crippen molar-refractivity contribution < 1.29 is 14.6 Å². The molecular formula is C14H11N3O3S. The number of hydrogen-bond acceptors (Lipinski definition) is 5. The monoisotopic (exact) mass is 301 g/mol. The van der Waals surface area contributed by atoms with Crippen LogP contribution in [0.1, 0.15) is 5.01 Å². The molecule has 1 aromatic carbocycles. The van der Waals surface area contributed by atoms with Crippen LogP contribution in [0.4, 0.5) is 10.5 Å². The molecule has 0 saturated carbocycles. The second kappa shape index (κ2) is 5.76. The lowest BCUT2D eigenvalue weighted by molar-refractivity contribution is 0.209. The molecule has 3 aromatic rings. The number of carbonyl (C=O) groups is 1. The highest BCUT2D eigenvalue weighted by Gasteiger charge is 2.05. The Morgan fingerprint density at radius 2 is 2.14 bits per heavy atom. The Hall–Kier alpha value is -2.67. The molecule has 2 aromatic heterocycles. The van der Waals surface area contributed by atoms with Crippen molar-refractivity contribution in [2.24, 2.45) is 0 Å². The Balaban J connectivity index is 1.65. The van der Waals surface area contributed by atoms with E-state index in [4.69, 9.17) is 9.84 Å². The molecule has 0 radical (unpaired) electrons. The summed E-state index contributed by atoms with van der Waals surface area (Å²) >= 11 is 1.57. The largest absolute Gasteiger partial charge is 0.470 e. The molecule has 106 valence electrons. The number of rotatable bonds is 4. The third-order valence-corrected chi connectivity index (χ3v) is 3.68. The smallest absolute Gasteiger partial charge is 0.409 e. The van der Waals surface area contributed by atoms with Gasteiger partial charge >= 0.3 is 6.09 Å². The number of fused-ring (bicyclic) bond motifs is 1. The number of nitrogens with one attached hydrogen (secondary N) is 1. The first-order valence-corrected chi connectivity index (χ1v) is 6.95. The zero-order chi connectivity index (χ0) is 14.7. The van der Waals surface area contributed by atoms with E-state index in [2.05, 4.69) is 15.3 Å². The van der Waals surface area contributed by atoms with Gasteiger partial charge in [-0.15, -0.1) is 11.3 Å². The van der Waals surface area contributed by atoms with Gasteiger partial charge in [-0.3, -0.25) is 5.32 Å². The summed E-state index contributed by atoms with van der Waals surface area (Å²) in [4.78, 5) is 19.0. The number of benzene rings is 1. The van der Waals surface area contributed by atoms with Crippen molar-refractivity contribution in [2.75, 3.05) is 5.32 Å². The van der Waals surface area contributed by atoms with Crippen molar-refractivity contribution in [1.82, 2.24) is 9.97 Å². The van der Waals surface area contributed by atoms with Crippen molar-refractivity contribution in [3.63, 3.8) is 0 Å². The third-order valence-electron chi connectivity index (χ3n) is 2.67. The van der Waals surface area contributed by atoms with E-state index in [0.29, 0.717) is 18.2 Å². The molecule has 1 amide bonds. The maximum atomic E-state index is 10.5. The van der Waals surface area contributed by atoms with Crippen molar-refractivity contribution in [2.45, 2.75) is 6.61 Å². The molecule has 0 bridgehead atoms. The molecule has 2 N–H and O–H groups in total. The number of amides is 1. The minimum Gasteiger partial charge on any atom is -0.470 e. The van der Waals surface area contributed by atoms with Crippen LogP contribution < -0.4 is 10.1 Å². The van der Waals surface area contributed by atoms with Crippen LogP contribution in [0, 0.1) is 0 Å². The van der Waals surface area contributed by atoms with Gasteiger partial charge in [-0.05, 0) is 18.2 Å². The normalized spacial score (nSPS) is 10.5. The van der Waals surface area contributed by atoms with Crippen LogP contribution in [-0.4, -0.2) is 21.2 Å². The van der Waals surface area contributed by atoms with Gasteiger partial charge in [0.2, 0.25) is 5.88 Å². The maximum Gasteiger partial charge on any atom is 0.409 e. The molecule has 0 unspecified atom stereocenters. The standard InChI is InChI=1S/C14H11N3O3S/c18-14(19)16-9-5-6-12(15-7-9)20-8-13-17-10-3-1-2-4-11(10)21-13/h1-7,16H,8H2,(H,18,19). The van der Waals surface area contributed by atoms with Crippen LogP contribution in [-0.2, 0) is 6.61 Å². The summed E-state index contributed by atoms with van der Waals surface area (Å²) in [5, 5.41) is 11.7. The molecule has 0 aliphatic rings. The summed E-state index contributed by atoms with van der Waals surface area (Å²) in [6, 6.07) is 11.1. The van der Waals surface area contributed by atoms with Gasteiger partial charge in [0.05, 0.1) is 22.1 Å². The molecule has 7 heteroatoms. The summed E-state index contributed by atoms with van der Waals surface area (Å²) < 4.78 is 6.66. The van der Waals surface area contributed by atoms with Crippen molar-refractivity contribution >= 4 is 33.3 Å². The van der Waals surface area contributed by atoms with E-state index in [1.165, 1.54) is 6.20 Å². The molecule has 6 nitrogen and oxygen atoms in total. The van der Waals surface area contributed by atoms with E-state index in [1.807, 2.05) is 24.3 Å². The third kappa shape index (κ3) is 3.26. The van der Waals surface area contributed by atoms with Gasteiger partial charge in [0.15, 0.2) is 0 Å². The molecule has 0 saturated heterocycles. The number of aromatic nitrogens is 2. The van der Waals surface area contributed by atoms with Crippen molar-refractivity contribution in [3.05, 3.63) is 47.6 Å². The Kier molecular flexibility index (Phi) is 3.65. The molecule has 0 atom stereocenters. The Morgan fingerprint density at radius 3 is 2.86 bits per heavy atom. The second-order valence-corrected chi connectivity index (χ2v) is 5.29. The molecular weight excluding hydrogens is 290 g/mol. The SMILES string of the molecule is O=C(O)Nc1ccc(OCc2nc3ccccc3s2)nc1. The number of para-hydroxylation sites is 1. The molecule has 2 heterocycles. The van der Waals surface area contributed by atoms with E-state index in [-0.39, 0.29) is 0 Å². The first-order valence-electron chi connectivity index (χ1n) is 6.14. The van der Waals surface area contributed by atoms with Crippen LogP contribution in [0.15, 0.2) is 42.6 Å². The van der Waals surface area contributed by atoms with Crippen LogP contribution in [0.2, 0.25) is 0 Å². The number of anilines is 1. The van der Waals surface area contributed by atoms with E-state index in [9.17, 15) is 4.79 Å². The van der Waals surface area contributed by atoms with Gasteiger partial charge in [0.1, 0.15) is 11.6 Å². The van der Waals surface area contributed by atoms with Gasteiger partial charge in [0.25, 0.3) is 0 Å². The Bertz CT molecular complexity index is 737. The lowest BCUT2D eigenvalue weighted by Gasteiger charge is -2.04. The highest BCUT2D eigenvalue weighted by molar-refractivity contribution is 7.18. The van der Waals surface area contributed by atoms with Gasteiger partial charge in [-0.25, -0.2) is 14.8 Å². The molecule has 0 fully saturated rings. The highest BCUT2D eigenvalue weighted by atomic mass is 32.1. The minimum absolute atomic E-state index is 0.331.